The van der Waals surface area contributed by atoms with Gasteiger partial charge in [0.1, 0.15) is 11.7 Å². The molecule has 158 valence electrons. The van der Waals surface area contributed by atoms with E-state index in [1.54, 1.807) is 42.5 Å². The first-order valence-corrected chi connectivity index (χ1v) is 10.3. The van der Waals surface area contributed by atoms with Crippen LogP contribution in [0.1, 0.15) is 12.6 Å². The Hall–Kier alpha value is -2.46. The van der Waals surface area contributed by atoms with Gasteiger partial charge in [-0.25, -0.2) is 4.68 Å². The van der Waals surface area contributed by atoms with Crippen molar-refractivity contribution in [3.63, 3.8) is 0 Å². The van der Waals surface area contributed by atoms with Crippen molar-refractivity contribution in [3.05, 3.63) is 58.8 Å². The molecule has 3 rings (SSSR count). The number of carbonyl (C=O) groups is 1. The lowest BCUT2D eigenvalue weighted by Crippen LogP contribution is -2.08. The Labute approximate surface area is 183 Å². The van der Waals surface area contributed by atoms with E-state index < -0.39 is 17.8 Å². The number of hydrogen-bond acceptors (Lipinski definition) is 5. The number of rotatable bonds is 6. The van der Waals surface area contributed by atoms with Crippen LogP contribution < -0.4 is 4.74 Å². The lowest BCUT2D eigenvalue weighted by Gasteiger charge is -2.07. The van der Waals surface area contributed by atoms with Crippen molar-refractivity contribution in [2.45, 2.75) is 18.0 Å². The largest absolute Gasteiger partial charge is 0.495 e. The molecular formula is C20H16BrF3N2O3S. The molecule has 0 N–H and O–H groups in total. The molecule has 0 atom stereocenters. The summed E-state index contributed by atoms with van der Waals surface area (Å²) in [4.78, 5) is 11.6. The Kier molecular flexibility index (Phi) is 6.77. The summed E-state index contributed by atoms with van der Waals surface area (Å²) in [6, 6.07) is 11.4. The van der Waals surface area contributed by atoms with E-state index in [9.17, 15) is 18.0 Å². The highest BCUT2D eigenvalue weighted by Crippen LogP contribution is 2.38. The average Bonchev–Trinajstić information content (AvgIpc) is 3.14. The number of carbonyl (C=O) groups excluding carboxylic acids is 1. The number of aromatic nitrogens is 2. The van der Waals surface area contributed by atoms with Gasteiger partial charge >= 0.3 is 12.1 Å². The van der Waals surface area contributed by atoms with Crippen LogP contribution in [0, 0.1) is 0 Å². The second-order valence-corrected chi connectivity index (χ2v) is 7.93. The van der Waals surface area contributed by atoms with Gasteiger partial charge in [-0.2, -0.15) is 18.3 Å². The highest BCUT2D eigenvalue weighted by atomic mass is 79.9. The monoisotopic (exact) mass is 500 g/mol. The van der Waals surface area contributed by atoms with Crippen molar-refractivity contribution in [2.24, 2.45) is 0 Å². The molecule has 30 heavy (non-hydrogen) atoms. The first kappa shape index (κ1) is 22.2. The van der Waals surface area contributed by atoms with Crippen LogP contribution >= 0.6 is 27.7 Å². The number of nitrogens with zero attached hydrogens (tertiary/aromatic N) is 2. The minimum absolute atomic E-state index is 0.0408. The highest BCUT2D eigenvalue weighted by molar-refractivity contribution is 9.10. The van der Waals surface area contributed by atoms with Gasteiger partial charge in [0, 0.05) is 29.6 Å². The van der Waals surface area contributed by atoms with Crippen molar-refractivity contribution in [2.75, 3.05) is 13.0 Å². The van der Waals surface area contributed by atoms with Crippen LogP contribution in [0.4, 0.5) is 13.2 Å². The van der Waals surface area contributed by atoms with Crippen molar-refractivity contribution in [1.29, 1.82) is 0 Å². The lowest BCUT2D eigenvalue weighted by atomic mass is 10.1. The molecule has 0 amide bonds. The molecule has 0 spiro atoms. The normalized spacial score (nSPS) is 11.4. The third kappa shape index (κ3) is 5.17. The Morgan fingerprint density at radius 1 is 1.20 bits per heavy atom. The van der Waals surface area contributed by atoms with E-state index >= 15 is 0 Å². The number of methoxy groups -OCH3 is 1. The number of thioether (sulfide) groups is 1. The van der Waals surface area contributed by atoms with Gasteiger partial charge in [-0.1, -0.05) is 23.9 Å². The smallest absolute Gasteiger partial charge is 0.435 e. The fraction of sp³-hybridized carbons (Fsp3) is 0.200. The molecule has 0 radical (unpaired) electrons. The maximum Gasteiger partial charge on any atom is 0.435 e. The molecule has 3 aromatic rings. The van der Waals surface area contributed by atoms with E-state index in [1.807, 2.05) is 0 Å². The molecular weight excluding hydrogens is 485 g/mol. The van der Waals surface area contributed by atoms with E-state index in [0.717, 1.165) is 4.90 Å². The summed E-state index contributed by atoms with van der Waals surface area (Å²) in [5, 5.41) is 3.78. The van der Waals surface area contributed by atoms with Crippen molar-refractivity contribution in [1.82, 2.24) is 9.78 Å². The van der Waals surface area contributed by atoms with E-state index in [2.05, 4.69) is 21.0 Å². The number of benzene rings is 2. The Morgan fingerprint density at radius 2 is 1.90 bits per heavy atom. The zero-order chi connectivity index (χ0) is 21.9. The molecule has 0 saturated carbocycles. The topological polar surface area (TPSA) is 53.4 Å². The summed E-state index contributed by atoms with van der Waals surface area (Å²) in [5.74, 6) is 0.212. The fourth-order valence-corrected chi connectivity index (χ4v) is 3.73. The molecule has 0 aliphatic rings. The number of esters is 1. The molecule has 1 aromatic heterocycles. The fourth-order valence-electron chi connectivity index (χ4n) is 2.63. The summed E-state index contributed by atoms with van der Waals surface area (Å²) < 4.78 is 52.8. The molecule has 0 saturated heterocycles. The minimum Gasteiger partial charge on any atom is -0.495 e. The predicted molar refractivity (Wildman–Crippen MR) is 111 cm³/mol. The van der Waals surface area contributed by atoms with Gasteiger partial charge in [0.05, 0.1) is 17.3 Å². The first-order chi connectivity index (χ1) is 14.2. The molecule has 0 aliphatic heterocycles. The van der Waals surface area contributed by atoms with Gasteiger partial charge in [-0.15, -0.1) is 0 Å². The highest BCUT2D eigenvalue weighted by Gasteiger charge is 2.37. The molecule has 0 bridgehead atoms. The molecule has 10 heteroatoms. The SMILES string of the molecule is COc1cc(-n2cc(-c3ccc(SCOC(C)=O)cc3)c(C(F)(F)F)n2)ccc1Br. The van der Waals surface area contributed by atoms with Crippen LogP contribution in [0.2, 0.25) is 0 Å². The Balaban J connectivity index is 1.95. The van der Waals surface area contributed by atoms with Gasteiger partial charge in [0.2, 0.25) is 0 Å². The zero-order valence-corrected chi connectivity index (χ0v) is 18.3. The first-order valence-electron chi connectivity index (χ1n) is 8.56. The molecule has 0 unspecified atom stereocenters. The second kappa shape index (κ2) is 9.13. The Bertz CT molecular complexity index is 1050. The Morgan fingerprint density at radius 3 is 2.50 bits per heavy atom. The maximum absolute atomic E-state index is 13.6. The van der Waals surface area contributed by atoms with Gasteiger partial charge in [0.15, 0.2) is 5.69 Å². The predicted octanol–water partition coefficient (Wildman–Crippen LogP) is 5.94. The number of hydrogen-bond donors (Lipinski definition) is 0. The lowest BCUT2D eigenvalue weighted by molar-refractivity contribution is -0.141. The van der Waals surface area contributed by atoms with Crippen LogP contribution in [0.3, 0.4) is 0 Å². The van der Waals surface area contributed by atoms with Gasteiger partial charge < -0.3 is 9.47 Å². The average molecular weight is 501 g/mol. The van der Waals surface area contributed by atoms with Crippen LogP contribution in [-0.2, 0) is 15.7 Å². The molecule has 5 nitrogen and oxygen atoms in total. The standard InChI is InChI=1S/C20H16BrF3N2O3S/c1-12(27)29-11-30-15-6-3-13(4-7-15)16-10-26(25-19(16)20(22,23)24)14-5-8-17(21)18(9-14)28-2/h3-10H,11H2,1-2H3. The van der Waals surface area contributed by atoms with Gasteiger partial charge in [0.25, 0.3) is 0 Å². The summed E-state index contributed by atoms with van der Waals surface area (Å²) >= 11 is 4.58. The van der Waals surface area contributed by atoms with E-state index in [0.29, 0.717) is 21.5 Å². The van der Waals surface area contributed by atoms with Gasteiger partial charge in [-0.3, -0.25) is 4.79 Å². The van der Waals surface area contributed by atoms with E-state index in [4.69, 9.17) is 9.47 Å². The number of halogens is 4. The van der Waals surface area contributed by atoms with Crippen LogP contribution in [0.5, 0.6) is 5.75 Å². The molecule has 1 heterocycles. The second-order valence-electron chi connectivity index (χ2n) is 6.08. The summed E-state index contributed by atoms with van der Waals surface area (Å²) in [6.45, 7) is 1.31. The van der Waals surface area contributed by atoms with Crippen molar-refractivity contribution in [3.8, 4) is 22.6 Å². The summed E-state index contributed by atoms with van der Waals surface area (Å²) in [6.07, 6.45) is -3.28. The van der Waals surface area contributed by atoms with Crippen LogP contribution in [0.15, 0.2) is 58.0 Å². The van der Waals surface area contributed by atoms with Crippen LogP contribution in [0.25, 0.3) is 16.8 Å². The van der Waals surface area contributed by atoms with Crippen molar-refractivity contribution >= 4 is 33.7 Å². The number of ether oxygens (including phenoxy) is 2. The molecule has 0 fully saturated rings. The summed E-state index contributed by atoms with van der Waals surface area (Å²) in [7, 11) is 1.47. The third-order valence-corrected chi connectivity index (χ3v) is 5.53. The molecule has 0 aliphatic carbocycles. The van der Waals surface area contributed by atoms with Crippen molar-refractivity contribution < 1.29 is 27.4 Å². The minimum atomic E-state index is -4.62. The number of alkyl halides is 3. The maximum atomic E-state index is 13.6. The zero-order valence-electron chi connectivity index (χ0n) is 15.9. The quantitative estimate of drug-likeness (QED) is 0.238. The summed E-state index contributed by atoms with van der Waals surface area (Å²) in [5.41, 5.74) is -0.222. The van der Waals surface area contributed by atoms with E-state index in [-0.39, 0.29) is 11.5 Å². The van der Waals surface area contributed by atoms with Crippen LogP contribution in [-0.4, -0.2) is 28.8 Å². The molecule has 2 aromatic carbocycles. The van der Waals surface area contributed by atoms with E-state index in [1.165, 1.54) is 36.7 Å². The van der Waals surface area contributed by atoms with Gasteiger partial charge in [-0.05, 0) is 45.8 Å². The third-order valence-electron chi connectivity index (χ3n) is 4.04.